The summed E-state index contributed by atoms with van der Waals surface area (Å²) in [6.45, 7) is 5.07. The number of aromatic nitrogens is 3. The van der Waals surface area contributed by atoms with Gasteiger partial charge in [0.2, 0.25) is 17.5 Å². The lowest BCUT2D eigenvalue weighted by Crippen LogP contribution is -2.28. The predicted octanol–water partition coefficient (Wildman–Crippen LogP) is 0.425. The van der Waals surface area contributed by atoms with Crippen LogP contribution >= 0.6 is 0 Å². The molecule has 10 heteroatoms. The number of amides is 1. The smallest absolute Gasteiger partial charge is 0.414 e. The number of hydrogen-bond donors (Lipinski definition) is 3. The normalized spacial score (nSPS) is 12.1. The highest BCUT2D eigenvalue weighted by Gasteiger charge is 2.22. The van der Waals surface area contributed by atoms with E-state index >= 15 is 0 Å². The number of hydrogen-bond acceptors (Lipinski definition) is 7. The average molecular weight is 285 g/mol. The number of aliphatic carboxylic acids is 1. The number of aryl methyl sites for hydroxylation is 1. The lowest BCUT2D eigenvalue weighted by molar-refractivity contribution is -0.129. The zero-order valence-electron chi connectivity index (χ0n) is 11.4. The molecule has 0 saturated heterocycles. The first-order valence-electron chi connectivity index (χ1n) is 5.51. The zero-order chi connectivity index (χ0) is 15.5. The van der Waals surface area contributed by atoms with Crippen LogP contribution in [-0.2, 0) is 16.6 Å². The van der Waals surface area contributed by atoms with E-state index < -0.39 is 23.4 Å². The van der Waals surface area contributed by atoms with Crippen LogP contribution in [0.3, 0.4) is 0 Å². The molecule has 1 aromatic heterocycles. The fourth-order valence-corrected chi connectivity index (χ4v) is 1.17. The van der Waals surface area contributed by atoms with Crippen LogP contribution in [0.1, 0.15) is 26.6 Å². The Morgan fingerprint density at radius 2 is 2.00 bits per heavy atom. The van der Waals surface area contributed by atoms with Gasteiger partial charge in [0, 0.05) is 7.05 Å². The molecule has 1 amide bonds. The highest BCUT2D eigenvalue weighted by atomic mass is 16.6. The van der Waals surface area contributed by atoms with E-state index in [-0.39, 0.29) is 11.8 Å². The molecule has 0 aromatic carbocycles. The minimum Gasteiger partial charge on any atom is -0.476 e. The highest BCUT2D eigenvalue weighted by molar-refractivity contribution is 6.41. The van der Waals surface area contributed by atoms with Gasteiger partial charge in [0.25, 0.3) is 0 Å². The number of carbonyl (C=O) groups excluding carboxylic acids is 1. The molecule has 0 saturated carbocycles. The average Bonchev–Trinajstić information content (AvgIpc) is 2.57. The molecule has 3 N–H and O–H groups in total. The first-order valence-corrected chi connectivity index (χ1v) is 5.51. The number of oxime groups is 1. The lowest BCUT2D eigenvalue weighted by atomic mass is 10.2. The van der Waals surface area contributed by atoms with Crippen LogP contribution in [0.4, 0.5) is 10.7 Å². The van der Waals surface area contributed by atoms with Crippen LogP contribution in [0.25, 0.3) is 0 Å². The molecule has 0 aliphatic heterocycles. The maximum atomic E-state index is 11.6. The van der Waals surface area contributed by atoms with Gasteiger partial charge in [0.15, 0.2) is 0 Å². The molecule has 0 radical (unpaired) electrons. The molecule has 10 nitrogen and oxygen atoms in total. The van der Waals surface area contributed by atoms with Crippen LogP contribution in [0.5, 0.6) is 0 Å². The first-order chi connectivity index (χ1) is 9.14. The molecule has 0 spiro atoms. The van der Waals surface area contributed by atoms with Crippen molar-refractivity contribution in [1.29, 1.82) is 0 Å². The molecule has 1 rings (SSSR count). The summed E-state index contributed by atoms with van der Waals surface area (Å²) in [5, 5.41) is 26.0. The second-order valence-corrected chi connectivity index (χ2v) is 4.76. The Morgan fingerprint density at radius 3 is 2.45 bits per heavy atom. The minimum absolute atomic E-state index is 0.0448. The summed E-state index contributed by atoms with van der Waals surface area (Å²) in [4.78, 5) is 26.1. The summed E-state index contributed by atoms with van der Waals surface area (Å²) in [6, 6.07) is 0. The van der Waals surface area contributed by atoms with E-state index in [4.69, 9.17) is 15.1 Å². The Kier molecular flexibility index (Phi) is 4.27. The van der Waals surface area contributed by atoms with Crippen molar-refractivity contribution < 1.29 is 24.6 Å². The van der Waals surface area contributed by atoms with Crippen molar-refractivity contribution in [3.63, 3.8) is 0 Å². The summed E-state index contributed by atoms with van der Waals surface area (Å²) < 4.78 is 6.13. The molecule has 0 bridgehead atoms. The molecule has 0 fully saturated rings. The molecule has 110 valence electrons. The van der Waals surface area contributed by atoms with E-state index in [0.717, 1.165) is 4.68 Å². The quantitative estimate of drug-likeness (QED) is 0.415. The van der Waals surface area contributed by atoms with Gasteiger partial charge in [0.05, 0.1) is 0 Å². The number of carbonyl (C=O) groups is 2. The Hall–Kier alpha value is -2.65. The fourth-order valence-electron chi connectivity index (χ4n) is 1.17. The SMILES string of the molecule is Cn1nc(C(=NO)C(=O)O)nc1NC(=O)OC(C)(C)C. The monoisotopic (exact) mass is 285 g/mol. The second-order valence-electron chi connectivity index (χ2n) is 4.76. The summed E-state index contributed by atoms with van der Waals surface area (Å²) in [5.41, 5.74) is -1.43. The number of carboxylic acids is 1. The van der Waals surface area contributed by atoms with E-state index in [1.54, 1.807) is 20.8 Å². The van der Waals surface area contributed by atoms with Crippen LogP contribution < -0.4 is 5.32 Å². The molecule has 0 atom stereocenters. The predicted molar refractivity (Wildman–Crippen MR) is 66.8 cm³/mol. The van der Waals surface area contributed by atoms with Crippen molar-refractivity contribution in [2.24, 2.45) is 12.2 Å². The summed E-state index contributed by atoms with van der Waals surface area (Å²) in [5.74, 6) is -1.88. The highest BCUT2D eigenvalue weighted by Crippen LogP contribution is 2.10. The standard InChI is InChI=1S/C10H15N5O5/c1-10(2,3)20-9(18)12-8-11-6(13-15(8)4)5(14-19)7(16)17/h19H,1-4H3,(H,16,17)(H,11,12,13,18). The van der Waals surface area contributed by atoms with Gasteiger partial charge in [0.1, 0.15) is 5.60 Å². The molecular formula is C10H15N5O5. The summed E-state index contributed by atoms with van der Waals surface area (Å²) in [6.07, 6.45) is -0.766. The second kappa shape index (κ2) is 5.55. The zero-order valence-corrected chi connectivity index (χ0v) is 11.4. The minimum atomic E-state index is -1.50. The van der Waals surface area contributed by atoms with E-state index in [9.17, 15) is 9.59 Å². The number of ether oxygens (including phenoxy) is 1. The molecular weight excluding hydrogens is 270 g/mol. The largest absolute Gasteiger partial charge is 0.476 e. The van der Waals surface area contributed by atoms with Crippen LogP contribution in [0, 0.1) is 0 Å². The Labute approximate surface area is 114 Å². The third-order valence-corrected chi connectivity index (χ3v) is 1.89. The van der Waals surface area contributed by atoms with Gasteiger partial charge >= 0.3 is 12.1 Å². The molecule has 0 aliphatic rings. The Bertz CT molecular complexity index is 557. The van der Waals surface area contributed by atoms with Crippen LogP contribution in [0.2, 0.25) is 0 Å². The third kappa shape index (κ3) is 3.93. The van der Waals surface area contributed by atoms with Gasteiger partial charge in [-0.1, -0.05) is 5.16 Å². The maximum Gasteiger partial charge on any atom is 0.414 e. The van der Waals surface area contributed by atoms with Gasteiger partial charge in [-0.15, -0.1) is 5.10 Å². The van der Waals surface area contributed by atoms with Gasteiger partial charge < -0.3 is 15.1 Å². The maximum absolute atomic E-state index is 11.6. The molecule has 20 heavy (non-hydrogen) atoms. The van der Waals surface area contributed by atoms with E-state index in [2.05, 4.69) is 20.6 Å². The van der Waals surface area contributed by atoms with Crippen molar-refractivity contribution >= 4 is 23.7 Å². The third-order valence-electron chi connectivity index (χ3n) is 1.89. The Morgan fingerprint density at radius 1 is 1.40 bits per heavy atom. The lowest BCUT2D eigenvalue weighted by Gasteiger charge is -2.19. The Balaban J connectivity index is 2.92. The number of anilines is 1. The fraction of sp³-hybridized carbons (Fsp3) is 0.500. The van der Waals surface area contributed by atoms with Gasteiger partial charge in [-0.25, -0.2) is 14.3 Å². The summed E-state index contributed by atoms with van der Waals surface area (Å²) in [7, 11) is 1.43. The number of rotatable bonds is 3. The van der Waals surface area contributed by atoms with Crippen molar-refractivity contribution in [3.05, 3.63) is 5.82 Å². The molecule has 0 aliphatic carbocycles. The van der Waals surface area contributed by atoms with Crippen LogP contribution in [0.15, 0.2) is 5.16 Å². The molecule has 1 heterocycles. The molecule has 1 aromatic rings. The van der Waals surface area contributed by atoms with Crippen LogP contribution in [-0.4, -0.2) is 48.5 Å². The van der Waals surface area contributed by atoms with Gasteiger partial charge in [-0.2, -0.15) is 4.98 Å². The molecule has 0 unspecified atom stereocenters. The van der Waals surface area contributed by atoms with Gasteiger partial charge in [-0.05, 0) is 20.8 Å². The van der Waals surface area contributed by atoms with Crippen molar-refractivity contribution in [2.75, 3.05) is 5.32 Å². The number of nitrogens with zero attached hydrogens (tertiary/aromatic N) is 4. The first kappa shape index (κ1) is 15.4. The van der Waals surface area contributed by atoms with Crippen molar-refractivity contribution in [3.8, 4) is 0 Å². The van der Waals surface area contributed by atoms with E-state index in [1.807, 2.05) is 0 Å². The van der Waals surface area contributed by atoms with E-state index in [0.29, 0.717) is 0 Å². The van der Waals surface area contributed by atoms with Crippen molar-refractivity contribution in [1.82, 2.24) is 14.8 Å². The number of nitrogens with one attached hydrogen (secondary N) is 1. The van der Waals surface area contributed by atoms with Gasteiger partial charge in [-0.3, -0.25) is 5.32 Å². The topological polar surface area (TPSA) is 139 Å². The summed E-state index contributed by atoms with van der Waals surface area (Å²) >= 11 is 0. The van der Waals surface area contributed by atoms with Crippen molar-refractivity contribution in [2.45, 2.75) is 26.4 Å². The number of carboxylic acid groups (broad SMARTS) is 1. The van der Waals surface area contributed by atoms with E-state index in [1.165, 1.54) is 7.05 Å².